The van der Waals surface area contributed by atoms with Crippen LogP contribution in [0.25, 0.3) is 22.0 Å². The number of terminal acetylenes is 1. The second-order valence-electron chi connectivity index (χ2n) is 9.16. The third-order valence-electron chi connectivity index (χ3n) is 6.95. The minimum Gasteiger partial charge on any atom is -0.336 e. The molecule has 5 heteroatoms. The Morgan fingerprint density at radius 3 is 2.44 bits per heavy atom. The van der Waals surface area contributed by atoms with Gasteiger partial charge in [-0.25, -0.2) is 4.98 Å². The summed E-state index contributed by atoms with van der Waals surface area (Å²) in [5, 5.41) is 0.937. The highest BCUT2D eigenvalue weighted by molar-refractivity contribution is 5.95. The maximum absolute atomic E-state index is 13.1. The summed E-state index contributed by atoms with van der Waals surface area (Å²) >= 11 is 0. The van der Waals surface area contributed by atoms with Crippen LogP contribution in [0.15, 0.2) is 90.1 Å². The summed E-state index contributed by atoms with van der Waals surface area (Å²) in [6.45, 7) is 4.60. The Hall–Kier alpha value is -4.40. The molecule has 1 unspecified atom stereocenters. The normalized spacial score (nSPS) is 12.9. The monoisotopic (exact) mass is 472 g/mol. The van der Waals surface area contributed by atoms with Crippen LogP contribution < -0.4 is 11.3 Å². The van der Waals surface area contributed by atoms with Crippen molar-refractivity contribution in [2.24, 2.45) is 12.8 Å². The molecule has 0 aliphatic carbocycles. The third kappa shape index (κ3) is 3.73. The Labute approximate surface area is 210 Å². The number of hydrogen-bond acceptors (Lipinski definition) is 3. The predicted molar refractivity (Wildman–Crippen MR) is 146 cm³/mol. The van der Waals surface area contributed by atoms with Crippen molar-refractivity contribution < 1.29 is 0 Å². The number of nitrogens with two attached hydrogens (primary N) is 1. The summed E-state index contributed by atoms with van der Waals surface area (Å²) in [6, 6.07) is 23.8. The van der Waals surface area contributed by atoms with E-state index in [0.717, 1.165) is 50.0 Å². The van der Waals surface area contributed by atoms with E-state index in [9.17, 15) is 4.79 Å². The van der Waals surface area contributed by atoms with Crippen molar-refractivity contribution in [3.8, 4) is 23.5 Å². The molecule has 5 nitrogen and oxygen atoms in total. The van der Waals surface area contributed by atoms with Crippen LogP contribution in [0.2, 0.25) is 0 Å². The van der Waals surface area contributed by atoms with Gasteiger partial charge in [0, 0.05) is 30.6 Å². The average Bonchev–Trinajstić information content (AvgIpc) is 3.34. The second-order valence-corrected chi connectivity index (χ2v) is 9.16. The highest BCUT2D eigenvalue weighted by Gasteiger charge is 2.35. The summed E-state index contributed by atoms with van der Waals surface area (Å²) in [5.41, 5.74) is 13.5. The summed E-state index contributed by atoms with van der Waals surface area (Å²) in [5.74, 6) is 2.70. The van der Waals surface area contributed by atoms with Gasteiger partial charge >= 0.3 is 0 Å². The van der Waals surface area contributed by atoms with Gasteiger partial charge in [0.05, 0.1) is 23.7 Å². The molecule has 2 N–H and O–H groups in total. The molecule has 2 aromatic heterocycles. The van der Waals surface area contributed by atoms with Crippen LogP contribution in [-0.2, 0) is 19.1 Å². The standard InChI is InChI=1S/C31H28N4O/c1-5-22-8-7-9-23(16-22)26-18-30(36)35(6-2)28-15-14-25(17-27(26)28)31(32,29-19-33-20-34(29)4)24-12-10-21(3)11-13-24/h1,7-20H,6,32H2,2-4H3. The highest BCUT2D eigenvalue weighted by Crippen LogP contribution is 2.37. The van der Waals surface area contributed by atoms with Crippen molar-refractivity contribution in [2.45, 2.75) is 25.9 Å². The zero-order valence-corrected chi connectivity index (χ0v) is 20.7. The Kier molecular flexibility index (Phi) is 5.83. The van der Waals surface area contributed by atoms with Crippen LogP contribution in [-0.4, -0.2) is 14.1 Å². The number of aromatic nitrogens is 3. The lowest BCUT2D eigenvalue weighted by Gasteiger charge is -2.32. The van der Waals surface area contributed by atoms with Gasteiger partial charge in [-0.1, -0.05) is 53.9 Å². The molecule has 0 aliphatic rings. The first kappa shape index (κ1) is 23.3. The Morgan fingerprint density at radius 2 is 1.78 bits per heavy atom. The predicted octanol–water partition coefficient (Wildman–Crippen LogP) is 4.96. The number of rotatable bonds is 5. The van der Waals surface area contributed by atoms with Gasteiger partial charge in [0.2, 0.25) is 0 Å². The molecular weight excluding hydrogens is 444 g/mol. The molecule has 0 radical (unpaired) electrons. The Morgan fingerprint density at radius 1 is 1.03 bits per heavy atom. The maximum Gasteiger partial charge on any atom is 0.251 e. The molecule has 2 heterocycles. The summed E-state index contributed by atoms with van der Waals surface area (Å²) in [6.07, 6.45) is 9.24. The quantitative estimate of drug-likeness (QED) is 0.368. The van der Waals surface area contributed by atoms with E-state index < -0.39 is 5.54 Å². The van der Waals surface area contributed by atoms with Gasteiger partial charge in [0.15, 0.2) is 0 Å². The third-order valence-corrected chi connectivity index (χ3v) is 6.95. The van der Waals surface area contributed by atoms with Gasteiger partial charge in [-0.3, -0.25) is 4.79 Å². The first-order chi connectivity index (χ1) is 17.4. The van der Waals surface area contributed by atoms with Crippen LogP contribution in [0.3, 0.4) is 0 Å². The summed E-state index contributed by atoms with van der Waals surface area (Å²) < 4.78 is 3.73. The fourth-order valence-corrected chi connectivity index (χ4v) is 4.99. The van der Waals surface area contributed by atoms with Crippen LogP contribution in [0, 0.1) is 19.3 Å². The smallest absolute Gasteiger partial charge is 0.251 e. The van der Waals surface area contributed by atoms with Crippen molar-refractivity contribution in [1.29, 1.82) is 0 Å². The molecule has 0 aliphatic heterocycles. The van der Waals surface area contributed by atoms with Gasteiger partial charge in [-0.15, -0.1) is 6.42 Å². The Balaban J connectivity index is 1.85. The molecule has 0 saturated carbocycles. The van der Waals surface area contributed by atoms with Crippen molar-refractivity contribution in [3.63, 3.8) is 0 Å². The molecule has 0 fully saturated rings. The van der Waals surface area contributed by atoms with Crippen LogP contribution in [0.4, 0.5) is 0 Å². The van der Waals surface area contributed by atoms with E-state index in [-0.39, 0.29) is 5.56 Å². The molecule has 3 aromatic carbocycles. The highest BCUT2D eigenvalue weighted by atomic mass is 16.1. The largest absolute Gasteiger partial charge is 0.336 e. The average molecular weight is 473 g/mol. The topological polar surface area (TPSA) is 65.8 Å². The summed E-state index contributed by atoms with van der Waals surface area (Å²) in [4.78, 5) is 17.4. The number of benzene rings is 3. The van der Waals surface area contributed by atoms with E-state index in [4.69, 9.17) is 12.2 Å². The van der Waals surface area contributed by atoms with E-state index in [2.05, 4.69) is 48.2 Å². The van der Waals surface area contributed by atoms with Gasteiger partial charge in [-0.2, -0.15) is 0 Å². The molecule has 1 atom stereocenters. The maximum atomic E-state index is 13.1. The number of imidazole rings is 1. The minimum absolute atomic E-state index is 0.0527. The number of aryl methyl sites for hydroxylation is 3. The van der Waals surface area contributed by atoms with Gasteiger partial charge < -0.3 is 14.9 Å². The molecule has 36 heavy (non-hydrogen) atoms. The zero-order valence-electron chi connectivity index (χ0n) is 20.7. The molecule has 0 saturated heterocycles. The molecular formula is C31H28N4O. The van der Waals surface area contributed by atoms with Gasteiger partial charge in [0.25, 0.3) is 5.56 Å². The van der Waals surface area contributed by atoms with E-state index in [1.165, 1.54) is 0 Å². The van der Waals surface area contributed by atoms with E-state index >= 15 is 0 Å². The number of nitrogens with zero attached hydrogens (tertiary/aromatic N) is 3. The first-order valence-electron chi connectivity index (χ1n) is 11.9. The van der Waals surface area contributed by atoms with E-state index in [0.29, 0.717) is 6.54 Å². The number of fused-ring (bicyclic) bond motifs is 1. The van der Waals surface area contributed by atoms with Crippen LogP contribution in [0.1, 0.15) is 34.9 Å². The van der Waals surface area contributed by atoms with Crippen LogP contribution in [0.5, 0.6) is 0 Å². The molecule has 0 amide bonds. The Bertz CT molecular complexity index is 1690. The van der Waals surface area contributed by atoms with Crippen molar-refractivity contribution in [1.82, 2.24) is 14.1 Å². The fraction of sp³-hybridized carbons (Fsp3) is 0.161. The van der Waals surface area contributed by atoms with Crippen LogP contribution >= 0.6 is 0 Å². The van der Waals surface area contributed by atoms with Crippen molar-refractivity contribution in [2.75, 3.05) is 0 Å². The molecule has 0 spiro atoms. The minimum atomic E-state index is -0.960. The fourth-order valence-electron chi connectivity index (χ4n) is 4.99. The van der Waals surface area contributed by atoms with E-state index in [1.807, 2.05) is 61.1 Å². The molecule has 5 rings (SSSR count). The number of hydrogen-bond donors (Lipinski definition) is 1. The van der Waals surface area contributed by atoms with E-state index in [1.54, 1.807) is 17.0 Å². The first-order valence-corrected chi connectivity index (χ1v) is 11.9. The second kappa shape index (κ2) is 8.99. The number of pyridine rings is 1. The SMILES string of the molecule is C#Cc1cccc(-c2cc(=O)n(CC)c3ccc(C(N)(c4ccc(C)cc4)c4cncn4C)cc23)c1. The lowest BCUT2D eigenvalue weighted by atomic mass is 9.80. The van der Waals surface area contributed by atoms with Gasteiger partial charge in [0.1, 0.15) is 5.54 Å². The molecule has 0 bridgehead atoms. The lowest BCUT2D eigenvalue weighted by Crippen LogP contribution is -2.41. The lowest BCUT2D eigenvalue weighted by molar-refractivity contribution is 0.596. The van der Waals surface area contributed by atoms with Crippen molar-refractivity contribution in [3.05, 3.63) is 124 Å². The molecule has 5 aromatic rings. The molecule has 178 valence electrons. The van der Waals surface area contributed by atoms with Gasteiger partial charge in [-0.05, 0) is 60.4 Å². The van der Waals surface area contributed by atoms with Crippen molar-refractivity contribution >= 4 is 10.9 Å². The summed E-state index contributed by atoms with van der Waals surface area (Å²) in [7, 11) is 1.95. The zero-order chi connectivity index (χ0) is 25.4.